The molecule has 0 atom stereocenters. The molecule has 3 heteroatoms. The summed E-state index contributed by atoms with van der Waals surface area (Å²) in [6.45, 7) is 2.74. The molecule has 13 heavy (non-hydrogen) atoms. The highest BCUT2D eigenvalue weighted by atomic mass is 16.5. The highest BCUT2D eigenvalue weighted by molar-refractivity contribution is 5.67. The van der Waals surface area contributed by atoms with Gasteiger partial charge in [0.25, 0.3) is 0 Å². The standard InChI is InChI=1S/C10H19NO2/c1-2-3-4-5-8-13-10(12)11-9-6-7-9/h9H,2-8H2,1H3,(H,11,12). The summed E-state index contributed by atoms with van der Waals surface area (Å²) in [6.07, 6.45) is 6.59. The van der Waals surface area contributed by atoms with Gasteiger partial charge in [-0.2, -0.15) is 0 Å². The molecule has 1 saturated carbocycles. The van der Waals surface area contributed by atoms with E-state index in [1.54, 1.807) is 0 Å². The van der Waals surface area contributed by atoms with Crippen LogP contribution in [0, 0.1) is 0 Å². The van der Waals surface area contributed by atoms with Crippen LogP contribution in [0.5, 0.6) is 0 Å². The van der Waals surface area contributed by atoms with Crippen LogP contribution in [-0.2, 0) is 4.74 Å². The molecule has 1 fully saturated rings. The molecule has 0 unspecified atom stereocenters. The number of hydrogen-bond acceptors (Lipinski definition) is 2. The van der Waals surface area contributed by atoms with Gasteiger partial charge in [-0.1, -0.05) is 26.2 Å². The molecular formula is C10H19NO2. The van der Waals surface area contributed by atoms with Crippen molar-refractivity contribution in [3.05, 3.63) is 0 Å². The van der Waals surface area contributed by atoms with Crippen molar-refractivity contribution in [3.8, 4) is 0 Å². The van der Waals surface area contributed by atoms with Gasteiger partial charge in [-0.3, -0.25) is 0 Å². The first kappa shape index (κ1) is 10.4. The van der Waals surface area contributed by atoms with E-state index in [0.29, 0.717) is 12.6 Å². The zero-order valence-electron chi connectivity index (χ0n) is 8.34. The fourth-order valence-corrected chi connectivity index (χ4v) is 1.13. The topological polar surface area (TPSA) is 38.3 Å². The van der Waals surface area contributed by atoms with Gasteiger partial charge in [-0.05, 0) is 19.3 Å². The molecule has 1 aliphatic carbocycles. The number of carbonyl (C=O) groups is 1. The normalized spacial score (nSPS) is 15.5. The first-order valence-electron chi connectivity index (χ1n) is 5.26. The van der Waals surface area contributed by atoms with Crippen LogP contribution >= 0.6 is 0 Å². The summed E-state index contributed by atoms with van der Waals surface area (Å²) in [5.41, 5.74) is 0. The van der Waals surface area contributed by atoms with Crippen molar-refractivity contribution >= 4 is 6.09 Å². The number of hydrogen-bond donors (Lipinski definition) is 1. The molecule has 3 nitrogen and oxygen atoms in total. The van der Waals surface area contributed by atoms with Gasteiger partial charge in [0.05, 0.1) is 6.61 Å². The van der Waals surface area contributed by atoms with Crippen LogP contribution in [-0.4, -0.2) is 18.7 Å². The zero-order chi connectivity index (χ0) is 9.52. The Hall–Kier alpha value is -0.730. The molecule has 1 aliphatic rings. The van der Waals surface area contributed by atoms with E-state index in [0.717, 1.165) is 25.7 Å². The molecule has 0 aromatic rings. The highest BCUT2D eigenvalue weighted by Gasteiger charge is 2.23. The van der Waals surface area contributed by atoms with Crippen LogP contribution in [0.15, 0.2) is 0 Å². The molecule has 0 spiro atoms. The van der Waals surface area contributed by atoms with E-state index in [1.165, 1.54) is 12.8 Å². The summed E-state index contributed by atoms with van der Waals surface area (Å²) in [4.78, 5) is 11.0. The van der Waals surface area contributed by atoms with Crippen LogP contribution in [0.1, 0.15) is 45.4 Å². The maximum absolute atomic E-state index is 11.0. The summed E-state index contributed by atoms with van der Waals surface area (Å²) < 4.78 is 4.99. The lowest BCUT2D eigenvalue weighted by atomic mass is 10.2. The van der Waals surface area contributed by atoms with Crippen molar-refractivity contribution < 1.29 is 9.53 Å². The van der Waals surface area contributed by atoms with Crippen molar-refractivity contribution in [2.24, 2.45) is 0 Å². The van der Waals surface area contributed by atoms with Crippen LogP contribution in [0.4, 0.5) is 4.79 Å². The summed E-state index contributed by atoms with van der Waals surface area (Å²) in [7, 11) is 0. The monoisotopic (exact) mass is 185 g/mol. The molecule has 0 aromatic heterocycles. The van der Waals surface area contributed by atoms with Crippen molar-refractivity contribution in [1.29, 1.82) is 0 Å². The van der Waals surface area contributed by atoms with Gasteiger partial charge in [0.2, 0.25) is 0 Å². The van der Waals surface area contributed by atoms with Gasteiger partial charge in [-0.15, -0.1) is 0 Å². The smallest absolute Gasteiger partial charge is 0.407 e. The third-order valence-electron chi connectivity index (χ3n) is 2.13. The van der Waals surface area contributed by atoms with E-state index in [4.69, 9.17) is 4.74 Å². The second kappa shape index (κ2) is 5.84. The van der Waals surface area contributed by atoms with Gasteiger partial charge in [0, 0.05) is 6.04 Å². The summed E-state index contributed by atoms with van der Waals surface area (Å²) in [6, 6.07) is 0.406. The fraction of sp³-hybridized carbons (Fsp3) is 0.900. The fourth-order valence-electron chi connectivity index (χ4n) is 1.13. The zero-order valence-corrected chi connectivity index (χ0v) is 8.34. The van der Waals surface area contributed by atoms with E-state index in [9.17, 15) is 4.79 Å². The lowest BCUT2D eigenvalue weighted by Gasteiger charge is -2.04. The van der Waals surface area contributed by atoms with Crippen LogP contribution in [0.25, 0.3) is 0 Å². The Morgan fingerprint density at radius 1 is 1.38 bits per heavy atom. The Morgan fingerprint density at radius 2 is 2.15 bits per heavy atom. The minimum Gasteiger partial charge on any atom is -0.450 e. The molecule has 1 N–H and O–H groups in total. The van der Waals surface area contributed by atoms with E-state index >= 15 is 0 Å². The number of unbranched alkanes of at least 4 members (excludes halogenated alkanes) is 3. The van der Waals surface area contributed by atoms with E-state index < -0.39 is 0 Å². The third kappa shape index (κ3) is 5.50. The number of carbonyl (C=O) groups excluding carboxylic acids is 1. The number of ether oxygens (including phenoxy) is 1. The maximum Gasteiger partial charge on any atom is 0.407 e. The quantitative estimate of drug-likeness (QED) is 0.645. The van der Waals surface area contributed by atoms with Gasteiger partial charge < -0.3 is 10.1 Å². The Labute approximate surface area is 79.8 Å². The summed E-state index contributed by atoms with van der Waals surface area (Å²) in [5.74, 6) is 0. The SMILES string of the molecule is CCCCCCOC(=O)NC1CC1. The minimum atomic E-state index is -0.237. The molecule has 1 amide bonds. The molecule has 1 rings (SSSR count). The first-order chi connectivity index (χ1) is 6.33. The van der Waals surface area contributed by atoms with E-state index in [2.05, 4.69) is 12.2 Å². The predicted molar refractivity (Wildman–Crippen MR) is 51.6 cm³/mol. The Morgan fingerprint density at radius 3 is 2.77 bits per heavy atom. The second-order valence-corrected chi connectivity index (χ2v) is 3.62. The molecule has 76 valence electrons. The Balaban J connectivity index is 1.83. The van der Waals surface area contributed by atoms with Crippen LogP contribution in [0.3, 0.4) is 0 Å². The predicted octanol–water partition coefficient (Wildman–Crippen LogP) is 2.46. The van der Waals surface area contributed by atoms with Crippen molar-refractivity contribution in [1.82, 2.24) is 5.32 Å². The van der Waals surface area contributed by atoms with E-state index in [1.807, 2.05) is 0 Å². The minimum absolute atomic E-state index is 0.237. The Bertz CT molecular complexity index is 155. The largest absolute Gasteiger partial charge is 0.450 e. The maximum atomic E-state index is 11.0. The highest BCUT2D eigenvalue weighted by Crippen LogP contribution is 2.18. The lowest BCUT2D eigenvalue weighted by molar-refractivity contribution is 0.143. The molecule has 0 aliphatic heterocycles. The summed E-state index contributed by atoms with van der Waals surface area (Å²) in [5, 5.41) is 2.78. The molecule has 0 heterocycles. The molecule has 0 radical (unpaired) electrons. The second-order valence-electron chi connectivity index (χ2n) is 3.62. The lowest BCUT2D eigenvalue weighted by Crippen LogP contribution is -2.26. The van der Waals surface area contributed by atoms with Crippen molar-refractivity contribution in [2.45, 2.75) is 51.5 Å². The molecule has 0 bridgehead atoms. The van der Waals surface area contributed by atoms with Crippen molar-refractivity contribution in [3.63, 3.8) is 0 Å². The average molecular weight is 185 g/mol. The van der Waals surface area contributed by atoms with Gasteiger partial charge in [-0.25, -0.2) is 4.79 Å². The third-order valence-corrected chi connectivity index (χ3v) is 2.13. The van der Waals surface area contributed by atoms with Crippen LogP contribution in [0.2, 0.25) is 0 Å². The number of nitrogens with one attached hydrogen (secondary N) is 1. The number of amides is 1. The summed E-state index contributed by atoms with van der Waals surface area (Å²) >= 11 is 0. The molecule has 0 aromatic carbocycles. The van der Waals surface area contributed by atoms with Crippen LogP contribution < -0.4 is 5.32 Å². The van der Waals surface area contributed by atoms with Gasteiger partial charge in [0.15, 0.2) is 0 Å². The Kier molecular flexibility index (Phi) is 4.65. The molecular weight excluding hydrogens is 166 g/mol. The van der Waals surface area contributed by atoms with Crippen molar-refractivity contribution in [2.75, 3.05) is 6.61 Å². The van der Waals surface area contributed by atoms with E-state index in [-0.39, 0.29) is 6.09 Å². The average Bonchev–Trinajstić information content (AvgIpc) is 2.88. The van der Waals surface area contributed by atoms with Gasteiger partial charge in [0.1, 0.15) is 0 Å². The number of rotatable bonds is 6. The van der Waals surface area contributed by atoms with Gasteiger partial charge >= 0.3 is 6.09 Å². The first-order valence-corrected chi connectivity index (χ1v) is 5.26. The molecule has 0 saturated heterocycles. The number of alkyl carbamates (subject to hydrolysis) is 1.